The first kappa shape index (κ1) is 12.3. The summed E-state index contributed by atoms with van der Waals surface area (Å²) in [5, 5.41) is 15.3. The number of aryl methyl sites for hydroxylation is 1. The summed E-state index contributed by atoms with van der Waals surface area (Å²) in [6.45, 7) is 5.81. The van der Waals surface area contributed by atoms with E-state index in [-0.39, 0.29) is 5.91 Å². The molecule has 0 aliphatic heterocycles. The number of carbonyl (C=O) groups is 1. The number of hydrogen-bond donors (Lipinski definition) is 2. The van der Waals surface area contributed by atoms with Gasteiger partial charge in [0.1, 0.15) is 5.82 Å². The van der Waals surface area contributed by atoms with Crippen molar-refractivity contribution in [2.75, 3.05) is 11.9 Å². The molecule has 2 rings (SSSR count). The molecular weight excluding hydrogens is 232 g/mol. The van der Waals surface area contributed by atoms with Gasteiger partial charge >= 0.3 is 0 Å². The molecule has 7 nitrogen and oxygen atoms in total. The molecule has 0 aliphatic rings. The van der Waals surface area contributed by atoms with Crippen molar-refractivity contribution in [3.8, 4) is 0 Å². The highest BCUT2D eigenvalue weighted by Crippen LogP contribution is 2.15. The first-order valence-corrected chi connectivity index (χ1v) is 5.63. The molecule has 96 valence electrons. The molecule has 0 saturated heterocycles. The predicted molar refractivity (Wildman–Crippen MR) is 67.0 cm³/mol. The molecule has 0 radical (unpaired) electrons. The Labute approximate surface area is 104 Å². The van der Waals surface area contributed by atoms with Crippen LogP contribution in [0.5, 0.6) is 0 Å². The molecule has 1 amide bonds. The van der Waals surface area contributed by atoms with Gasteiger partial charge in [-0.15, -0.1) is 15.3 Å². The second-order valence-corrected chi connectivity index (χ2v) is 4.84. The van der Waals surface area contributed by atoms with Crippen molar-refractivity contribution in [2.24, 2.45) is 11.1 Å². The van der Waals surface area contributed by atoms with Gasteiger partial charge in [0, 0.05) is 6.54 Å². The zero-order valence-electron chi connectivity index (χ0n) is 10.6. The van der Waals surface area contributed by atoms with E-state index in [4.69, 9.17) is 5.73 Å². The lowest BCUT2D eigenvalue weighted by molar-refractivity contribution is -0.125. The minimum Gasteiger partial charge on any atom is -0.369 e. The van der Waals surface area contributed by atoms with Gasteiger partial charge in [-0.2, -0.15) is 4.52 Å². The van der Waals surface area contributed by atoms with Crippen LogP contribution < -0.4 is 11.1 Å². The highest BCUT2D eigenvalue weighted by Gasteiger charge is 2.24. The maximum absolute atomic E-state index is 11.2. The summed E-state index contributed by atoms with van der Waals surface area (Å²) in [5.74, 6) is 1.01. The maximum atomic E-state index is 11.2. The Kier molecular flexibility index (Phi) is 2.90. The number of amides is 1. The Morgan fingerprint density at radius 3 is 2.83 bits per heavy atom. The van der Waals surface area contributed by atoms with Gasteiger partial charge in [0.05, 0.1) is 5.41 Å². The van der Waals surface area contributed by atoms with Crippen LogP contribution in [0, 0.1) is 12.3 Å². The second-order valence-electron chi connectivity index (χ2n) is 4.84. The number of anilines is 1. The Bertz CT molecular complexity index is 588. The summed E-state index contributed by atoms with van der Waals surface area (Å²) in [4.78, 5) is 11.2. The van der Waals surface area contributed by atoms with E-state index in [1.54, 1.807) is 24.4 Å². The fraction of sp³-hybridized carbons (Fsp3) is 0.455. The topological polar surface area (TPSA) is 98.2 Å². The fourth-order valence-electron chi connectivity index (χ4n) is 1.39. The highest BCUT2D eigenvalue weighted by atomic mass is 16.1. The van der Waals surface area contributed by atoms with Crippen LogP contribution in [0.25, 0.3) is 5.65 Å². The number of fused-ring (bicyclic) bond motifs is 1. The largest absolute Gasteiger partial charge is 0.369 e. The molecule has 0 saturated carbocycles. The van der Waals surface area contributed by atoms with Crippen molar-refractivity contribution in [3.05, 3.63) is 18.0 Å². The summed E-state index contributed by atoms with van der Waals surface area (Å²) >= 11 is 0. The lowest BCUT2D eigenvalue weighted by Crippen LogP contribution is -2.37. The highest BCUT2D eigenvalue weighted by molar-refractivity contribution is 5.80. The lowest BCUT2D eigenvalue weighted by Gasteiger charge is -2.20. The van der Waals surface area contributed by atoms with E-state index >= 15 is 0 Å². The second kappa shape index (κ2) is 4.25. The minimum absolute atomic E-state index is 0.350. The fourth-order valence-corrected chi connectivity index (χ4v) is 1.39. The average Bonchev–Trinajstić information content (AvgIpc) is 2.68. The summed E-state index contributed by atoms with van der Waals surface area (Å²) in [6, 6.07) is 3.60. The van der Waals surface area contributed by atoms with Crippen molar-refractivity contribution in [1.29, 1.82) is 0 Å². The smallest absolute Gasteiger partial charge is 0.224 e. The third-order valence-corrected chi connectivity index (χ3v) is 2.80. The van der Waals surface area contributed by atoms with Gasteiger partial charge in [-0.25, -0.2) is 0 Å². The molecule has 0 atom stereocenters. The summed E-state index contributed by atoms with van der Waals surface area (Å²) in [7, 11) is 0. The molecule has 0 bridgehead atoms. The first-order chi connectivity index (χ1) is 8.40. The number of rotatable bonds is 4. The predicted octanol–water partition coefficient (Wildman–Crippen LogP) is 0.356. The summed E-state index contributed by atoms with van der Waals surface area (Å²) < 4.78 is 1.64. The molecule has 0 unspecified atom stereocenters. The molecule has 0 fully saturated rings. The Morgan fingerprint density at radius 1 is 1.44 bits per heavy atom. The number of hydrogen-bond acceptors (Lipinski definition) is 5. The minimum atomic E-state index is -0.626. The molecular formula is C11H16N6O. The molecule has 3 N–H and O–H groups in total. The van der Waals surface area contributed by atoms with Crippen molar-refractivity contribution < 1.29 is 4.79 Å². The molecule has 2 aromatic rings. The average molecular weight is 248 g/mol. The van der Waals surface area contributed by atoms with Gasteiger partial charge in [0.15, 0.2) is 11.5 Å². The van der Waals surface area contributed by atoms with Crippen LogP contribution in [0.4, 0.5) is 5.82 Å². The van der Waals surface area contributed by atoms with Crippen molar-refractivity contribution in [3.63, 3.8) is 0 Å². The zero-order valence-corrected chi connectivity index (χ0v) is 10.6. The normalized spacial score (nSPS) is 11.7. The van der Waals surface area contributed by atoms with Crippen LogP contribution in [0.15, 0.2) is 12.1 Å². The van der Waals surface area contributed by atoms with Crippen molar-refractivity contribution in [1.82, 2.24) is 19.8 Å². The number of nitrogens with zero attached hydrogens (tertiary/aromatic N) is 4. The van der Waals surface area contributed by atoms with E-state index in [0.29, 0.717) is 23.8 Å². The molecule has 18 heavy (non-hydrogen) atoms. The molecule has 0 aromatic carbocycles. The molecule has 2 aromatic heterocycles. The first-order valence-electron chi connectivity index (χ1n) is 5.63. The monoisotopic (exact) mass is 248 g/mol. The van der Waals surface area contributed by atoms with E-state index in [1.807, 2.05) is 13.0 Å². The molecule has 0 spiro atoms. The van der Waals surface area contributed by atoms with Gasteiger partial charge in [-0.1, -0.05) is 0 Å². The zero-order chi connectivity index (χ0) is 13.3. The van der Waals surface area contributed by atoms with Crippen LogP contribution in [-0.4, -0.2) is 32.3 Å². The van der Waals surface area contributed by atoms with Crippen LogP contribution in [-0.2, 0) is 4.79 Å². The van der Waals surface area contributed by atoms with Gasteiger partial charge in [-0.05, 0) is 32.9 Å². The third kappa shape index (κ3) is 2.24. The number of carbonyl (C=O) groups excluding carboxylic acids is 1. The van der Waals surface area contributed by atoms with Gasteiger partial charge in [-0.3, -0.25) is 4.79 Å². The third-order valence-electron chi connectivity index (χ3n) is 2.80. The SMILES string of the molecule is Cc1nnc2ccc(NCC(C)(C)C(N)=O)nn12. The number of aromatic nitrogens is 4. The Balaban J connectivity index is 2.17. The van der Waals surface area contributed by atoms with E-state index in [1.165, 1.54) is 0 Å². The quantitative estimate of drug-likeness (QED) is 0.813. The van der Waals surface area contributed by atoms with Gasteiger partial charge in [0.25, 0.3) is 0 Å². The van der Waals surface area contributed by atoms with Gasteiger partial charge < -0.3 is 11.1 Å². The van der Waals surface area contributed by atoms with Crippen LogP contribution in [0.3, 0.4) is 0 Å². The lowest BCUT2D eigenvalue weighted by atomic mass is 9.93. The molecule has 7 heteroatoms. The standard InChI is InChI=1S/C11H16N6O/c1-7-14-15-9-5-4-8(16-17(7)9)13-6-11(2,3)10(12)18/h4-5H,6H2,1-3H3,(H2,12,18)(H,13,16). The summed E-state index contributed by atoms with van der Waals surface area (Å²) in [6.07, 6.45) is 0. The number of nitrogens with one attached hydrogen (secondary N) is 1. The number of nitrogens with two attached hydrogens (primary N) is 1. The van der Waals surface area contributed by atoms with E-state index in [9.17, 15) is 4.79 Å². The van der Waals surface area contributed by atoms with E-state index < -0.39 is 5.41 Å². The summed E-state index contributed by atoms with van der Waals surface area (Å²) in [5.41, 5.74) is 5.37. The van der Waals surface area contributed by atoms with E-state index in [2.05, 4.69) is 20.6 Å². The maximum Gasteiger partial charge on any atom is 0.224 e. The molecule has 2 heterocycles. The Morgan fingerprint density at radius 2 is 2.17 bits per heavy atom. The van der Waals surface area contributed by atoms with Crippen LogP contribution in [0.1, 0.15) is 19.7 Å². The molecule has 0 aliphatic carbocycles. The van der Waals surface area contributed by atoms with Gasteiger partial charge in [0.2, 0.25) is 5.91 Å². The van der Waals surface area contributed by atoms with Crippen molar-refractivity contribution in [2.45, 2.75) is 20.8 Å². The Hall–Kier alpha value is -2.18. The van der Waals surface area contributed by atoms with Crippen molar-refractivity contribution >= 4 is 17.4 Å². The van der Waals surface area contributed by atoms with Crippen LogP contribution >= 0.6 is 0 Å². The number of primary amides is 1. The van der Waals surface area contributed by atoms with Crippen LogP contribution in [0.2, 0.25) is 0 Å². The van der Waals surface area contributed by atoms with E-state index in [0.717, 1.165) is 0 Å².